The Morgan fingerprint density at radius 3 is 2.60 bits per heavy atom. The Kier molecular flexibility index (Phi) is 6.03. The molecular weight excluding hydrogens is 188 g/mol. The first kappa shape index (κ1) is 14.0. The van der Waals surface area contributed by atoms with Crippen molar-refractivity contribution in [3.8, 4) is 12.3 Å². The first-order valence-electron chi connectivity index (χ1n) is 5.40. The number of hydrogen-bond donors (Lipinski definition) is 2. The maximum atomic E-state index is 11.5. The van der Waals surface area contributed by atoms with E-state index >= 15 is 0 Å². The van der Waals surface area contributed by atoms with Crippen LogP contribution < -0.4 is 11.1 Å². The van der Waals surface area contributed by atoms with E-state index in [4.69, 9.17) is 12.2 Å². The van der Waals surface area contributed by atoms with Crippen LogP contribution >= 0.6 is 0 Å². The van der Waals surface area contributed by atoms with E-state index in [1.807, 2.05) is 20.8 Å². The third-order valence-corrected chi connectivity index (χ3v) is 2.22. The molecule has 15 heavy (non-hydrogen) atoms. The van der Waals surface area contributed by atoms with E-state index in [1.54, 1.807) is 0 Å². The smallest absolute Gasteiger partial charge is 0.220 e. The number of carbonyl (C=O) groups is 1. The van der Waals surface area contributed by atoms with Gasteiger partial charge in [0.25, 0.3) is 0 Å². The molecule has 1 atom stereocenters. The van der Waals surface area contributed by atoms with Crippen molar-refractivity contribution in [1.29, 1.82) is 0 Å². The average molecular weight is 210 g/mol. The van der Waals surface area contributed by atoms with Crippen LogP contribution in [0.15, 0.2) is 0 Å². The Labute approximate surface area is 92.8 Å². The molecule has 3 N–H and O–H groups in total. The van der Waals surface area contributed by atoms with Gasteiger partial charge in [0.15, 0.2) is 0 Å². The lowest BCUT2D eigenvalue weighted by Gasteiger charge is -2.19. The Morgan fingerprint density at radius 1 is 1.60 bits per heavy atom. The summed E-state index contributed by atoms with van der Waals surface area (Å²) in [4.78, 5) is 11.5. The van der Waals surface area contributed by atoms with Crippen LogP contribution in [-0.2, 0) is 4.79 Å². The van der Waals surface area contributed by atoms with Gasteiger partial charge in [-0.3, -0.25) is 4.79 Å². The van der Waals surface area contributed by atoms with Gasteiger partial charge in [0, 0.05) is 24.4 Å². The van der Waals surface area contributed by atoms with E-state index in [1.165, 1.54) is 0 Å². The second-order valence-electron chi connectivity index (χ2n) is 4.57. The zero-order valence-corrected chi connectivity index (χ0v) is 9.97. The molecule has 0 aliphatic heterocycles. The molecule has 0 bridgehead atoms. The second kappa shape index (κ2) is 6.47. The highest BCUT2D eigenvalue weighted by Gasteiger charge is 2.14. The van der Waals surface area contributed by atoms with Gasteiger partial charge in [0.1, 0.15) is 0 Å². The lowest BCUT2D eigenvalue weighted by molar-refractivity contribution is -0.122. The monoisotopic (exact) mass is 210 g/mol. The number of nitrogens with one attached hydrogen (secondary N) is 1. The summed E-state index contributed by atoms with van der Waals surface area (Å²) in [5.41, 5.74) is 5.51. The highest BCUT2D eigenvalue weighted by Crippen LogP contribution is 2.07. The van der Waals surface area contributed by atoms with E-state index in [2.05, 4.69) is 11.2 Å². The fourth-order valence-electron chi connectivity index (χ4n) is 1.18. The lowest BCUT2D eigenvalue weighted by atomic mass is 9.99. The predicted molar refractivity (Wildman–Crippen MR) is 63.2 cm³/mol. The largest absolute Gasteiger partial charge is 0.352 e. The highest BCUT2D eigenvalue weighted by atomic mass is 16.1. The Balaban J connectivity index is 3.87. The van der Waals surface area contributed by atoms with Crippen LogP contribution in [0.1, 0.15) is 46.5 Å². The minimum absolute atomic E-state index is 0.0376. The molecule has 3 nitrogen and oxygen atoms in total. The van der Waals surface area contributed by atoms with Crippen LogP contribution in [0.25, 0.3) is 0 Å². The van der Waals surface area contributed by atoms with Gasteiger partial charge >= 0.3 is 0 Å². The zero-order chi connectivity index (χ0) is 11.9. The minimum Gasteiger partial charge on any atom is -0.352 e. The normalized spacial score (nSPS) is 13.0. The maximum absolute atomic E-state index is 11.5. The predicted octanol–water partition coefficient (Wildman–Crippen LogP) is 1.42. The van der Waals surface area contributed by atoms with Gasteiger partial charge in [-0.25, -0.2) is 0 Å². The molecule has 86 valence electrons. The van der Waals surface area contributed by atoms with Crippen molar-refractivity contribution in [2.45, 2.75) is 58.0 Å². The van der Waals surface area contributed by atoms with Gasteiger partial charge in [-0.1, -0.05) is 6.92 Å². The Morgan fingerprint density at radius 2 is 2.20 bits per heavy atom. The molecule has 0 saturated carbocycles. The van der Waals surface area contributed by atoms with E-state index in [0.717, 1.165) is 6.42 Å². The number of rotatable bonds is 6. The van der Waals surface area contributed by atoms with Crippen molar-refractivity contribution < 1.29 is 4.79 Å². The van der Waals surface area contributed by atoms with Gasteiger partial charge in [0.2, 0.25) is 5.91 Å². The summed E-state index contributed by atoms with van der Waals surface area (Å²) >= 11 is 0. The van der Waals surface area contributed by atoms with Crippen LogP contribution in [0, 0.1) is 12.3 Å². The molecule has 0 aliphatic carbocycles. The van der Waals surface area contributed by atoms with E-state index < -0.39 is 0 Å². The standard InChI is InChI=1S/C12H22N2O/c1-5-7-10(6-2)14-11(15)8-9-12(3,4)13/h1,10H,6-9,13H2,2-4H3,(H,14,15). The Hall–Kier alpha value is -1.01. The summed E-state index contributed by atoms with van der Waals surface area (Å²) < 4.78 is 0. The summed E-state index contributed by atoms with van der Waals surface area (Å²) in [7, 11) is 0. The summed E-state index contributed by atoms with van der Waals surface area (Å²) in [5, 5.41) is 2.90. The van der Waals surface area contributed by atoms with Crippen molar-refractivity contribution in [3.05, 3.63) is 0 Å². The van der Waals surface area contributed by atoms with Crippen molar-refractivity contribution in [2.24, 2.45) is 5.73 Å². The van der Waals surface area contributed by atoms with Crippen LogP contribution in [0.2, 0.25) is 0 Å². The third-order valence-electron chi connectivity index (χ3n) is 2.22. The van der Waals surface area contributed by atoms with Gasteiger partial charge < -0.3 is 11.1 Å². The molecule has 0 fully saturated rings. The fraction of sp³-hybridized carbons (Fsp3) is 0.750. The molecule has 0 saturated heterocycles. The number of nitrogens with two attached hydrogens (primary N) is 1. The summed E-state index contributed by atoms with van der Waals surface area (Å²) in [6.07, 6.45) is 7.81. The highest BCUT2D eigenvalue weighted by molar-refractivity contribution is 5.76. The number of hydrogen-bond acceptors (Lipinski definition) is 2. The minimum atomic E-state index is -0.287. The van der Waals surface area contributed by atoms with Crippen LogP contribution in [0.3, 0.4) is 0 Å². The Bertz CT molecular complexity index is 235. The van der Waals surface area contributed by atoms with E-state index in [0.29, 0.717) is 19.3 Å². The number of terminal acetylenes is 1. The van der Waals surface area contributed by atoms with Crippen molar-refractivity contribution in [3.63, 3.8) is 0 Å². The molecule has 1 amide bonds. The molecule has 3 heteroatoms. The first-order chi connectivity index (χ1) is 6.89. The van der Waals surface area contributed by atoms with E-state index in [-0.39, 0.29) is 17.5 Å². The van der Waals surface area contributed by atoms with Crippen molar-refractivity contribution >= 4 is 5.91 Å². The molecule has 1 unspecified atom stereocenters. The van der Waals surface area contributed by atoms with Crippen LogP contribution in [0.4, 0.5) is 0 Å². The van der Waals surface area contributed by atoms with Gasteiger partial charge in [-0.05, 0) is 26.7 Å². The van der Waals surface area contributed by atoms with Gasteiger partial charge in [-0.15, -0.1) is 12.3 Å². The topological polar surface area (TPSA) is 55.1 Å². The molecular formula is C12H22N2O. The summed E-state index contributed by atoms with van der Waals surface area (Å²) in [5.74, 6) is 2.59. The van der Waals surface area contributed by atoms with Crippen LogP contribution in [-0.4, -0.2) is 17.5 Å². The number of carbonyl (C=O) groups excluding carboxylic acids is 1. The van der Waals surface area contributed by atoms with Crippen molar-refractivity contribution in [1.82, 2.24) is 5.32 Å². The molecule has 0 spiro atoms. The summed E-state index contributed by atoms with van der Waals surface area (Å²) in [6, 6.07) is 0.100. The summed E-state index contributed by atoms with van der Waals surface area (Å²) in [6.45, 7) is 5.84. The molecule has 0 aliphatic rings. The quantitative estimate of drug-likeness (QED) is 0.651. The first-order valence-corrected chi connectivity index (χ1v) is 5.40. The van der Waals surface area contributed by atoms with Crippen LogP contribution in [0.5, 0.6) is 0 Å². The maximum Gasteiger partial charge on any atom is 0.220 e. The molecule has 0 aromatic heterocycles. The number of amides is 1. The fourth-order valence-corrected chi connectivity index (χ4v) is 1.18. The molecule has 0 rings (SSSR count). The molecule has 0 heterocycles. The van der Waals surface area contributed by atoms with Crippen molar-refractivity contribution in [2.75, 3.05) is 0 Å². The molecule has 0 aromatic rings. The molecule has 0 aromatic carbocycles. The van der Waals surface area contributed by atoms with Gasteiger partial charge in [0.05, 0.1) is 0 Å². The SMILES string of the molecule is C#CCC(CC)NC(=O)CCC(C)(C)N. The lowest BCUT2D eigenvalue weighted by Crippen LogP contribution is -2.37. The third kappa shape index (κ3) is 8.02. The zero-order valence-electron chi connectivity index (χ0n) is 9.97. The average Bonchev–Trinajstić information content (AvgIpc) is 2.13. The van der Waals surface area contributed by atoms with Gasteiger partial charge in [-0.2, -0.15) is 0 Å². The van der Waals surface area contributed by atoms with E-state index in [9.17, 15) is 4.79 Å². The molecule has 0 radical (unpaired) electrons. The second-order valence-corrected chi connectivity index (χ2v) is 4.57.